The molecule has 90 valence electrons. The monoisotopic (exact) mass is 271 g/mol. The van der Waals surface area contributed by atoms with E-state index in [-0.39, 0.29) is 17.3 Å². The minimum absolute atomic E-state index is 0.0894. The molecule has 0 fully saturated rings. The van der Waals surface area contributed by atoms with Crippen LogP contribution in [0.3, 0.4) is 0 Å². The number of nitrogens with zero attached hydrogens (tertiary/aromatic N) is 2. The minimum atomic E-state index is -0.515. The van der Waals surface area contributed by atoms with Crippen molar-refractivity contribution in [3.8, 4) is 0 Å². The highest BCUT2D eigenvalue weighted by atomic mass is 35.5. The van der Waals surface area contributed by atoms with Crippen LogP contribution in [0.4, 0.5) is 0 Å². The predicted molar refractivity (Wildman–Crippen MR) is 67.0 cm³/mol. The van der Waals surface area contributed by atoms with Gasteiger partial charge in [-0.15, -0.1) is 11.3 Å². The fourth-order valence-electron chi connectivity index (χ4n) is 1.40. The normalized spacial score (nSPS) is 10.8. The third-order valence-corrected chi connectivity index (χ3v) is 3.65. The Morgan fingerprint density at radius 2 is 2.18 bits per heavy atom. The molecule has 2 aromatic rings. The van der Waals surface area contributed by atoms with Crippen molar-refractivity contribution in [2.75, 3.05) is 0 Å². The first-order valence-corrected chi connectivity index (χ1v) is 6.15. The summed E-state index contributed by atoms with van der Waals surface area (Å²) in [4.78, 5) is 30.1. The van der Waals surface area contributed by atoms with Crippen molar-refractivity contribution in [3.05, 3.63) is 47.6 Å². The smallest absolute Gasteiger partial charge is 0.297 e. The Bertz CT molecular complexity index is 671. The molecule has 0 bridgehead atoms. The van der Waals surface area contributed by atoms with Gasteiger partial charge in [-0.2, -0.15) is 0 Å². The van der Waals surface area contributed by atoms with Crippen LogP contribution in [0.1, 0.15) is 16.3 Å². The number of nitrogens with one attached hydrogen (secondary N) is 1. The summed E-state index contributed by atoms with van der Waals surface area (Å²) in [5.74, 6) is 0. The maximum Gasteiger partial charge on any atom is 0.329 e. The second-order valence-corrected chi connectivity index (χ2v) is 4.96. The van der Waals surface area contributed by atoms with Gasteiger partial charge in [-0.25, -0.2) is 9.78 Å². The van der Waals surface area contributed by atoms with Gasteiger partial charge in [0.15, 0.2) is 0 Å². The van der Waals surface area contributed by atoms with Gasteiger partial charge in [0, 0.05) is 16.6 Å². The molecule has 0 radical (unpaired) electrons. The second kappa shape index (κ2) is 4.46. The summed E-state index contributed by atoms with van der Waals surface area (Å²) in [5, 5.41) is 2.68. The van der Waals surface area contributed by atoms with Gasteiger partial charge in [0.1, 0.15) is 10.2 Å². The standard InChI is InChI=1S/C10H10ClN3O2S/c1-5-4-17-7(12-5)3-14-9(15)6(2)8(11)13-10(14)16/h4H,3H2,1-2H3,(H,13,16). The summed E-state index contributed by atoms with van der Waals surface area (Å²) in [5.41, 5.74) is 0.310. The Labute approximate surface area is 106 Å². The van der Waals surface area contributed by atoms with Crippen LogP contribution < -0.4 is 11.2 Å². The van der Waals surface area contributed by atoms with Crippen molar-refractivity contribution in [1.82, 2.24) is 14.5 Å². The number of hydrogen-bond acceptors (Lipinski definition) is 4. The van der Waals surface area contributed by atoms with Gasteiger partial charge in [0.25, 0.3) is 5.56 Å². The lowest BCUT2D eigenvalue weighted by atomic mass is 10.4. The van der Waals surface area contributed by atoms with Crippen LogP contribution in [0.2, 0.25) is 5.15 Å². The third kappa shape index (κ3) is 2.32. The van der Waals surface area contributed by atoms with Gasteiger partial charge in [-0.3, -0.25) is 14.3 Å². The zero-order valence-corrected chi connectivity index (χ0v) is 10.9. The Kier molecular flexibility index (Phi) is 3.17. The average molecular weight is 272 g/mol. The van der Waals surface area contributed by atoms with Crippen molar-refractivity contribution in [2.45, 2.75) is 20.4 Å². The molecule has 2 heterocycles. The van der Waals surface area contributed by atoms with E-state index in [1.165, 1.54) is 11.3 Å². The van der Waals surface area contributed by atoms with Crippen LogP contribution in [0.5, 0.6) is 0 Å². The van der Waals surface area contributed by atoms with Crippen LogP contribution in [0.15, 0.2) is 15.0 Å². The summed E-state index contributed by atoms with van der Waals surface area (Å²) >= 11 is 7.13. The first kappa shape index (κ1) is 12.1. The number of thiazole rings is 1. The van der Waals surface area contributed by atoms with E-state index in [4.69, 9.17) is 11.6 Å². The van der Waals surface area contributed by atoms with E-state index in [0.29, 0.717) is 5.56 Å². The van der Waals surface area contributed by atoms with Crippen molar-refractivity contribution >= 4 is 22.9 Å². The van der Waals surface area contributed by atoms with Gasteiger partial charge in [-0.1, -0.05) is 11.6 Å². The summed E-state index contributed by atoms with van der Waals surface area (Å²) in [6.07, 6.45) is 0. The molecule has 17 heavy (non-hydrogen) atoms. The number of aromatic amines is 1. The molecule has 2 aromatic heterocycles. The average Bonchev–Trinajstić information content (AvgIpc) is 2.67. The molecule has 7 heteroatoms. The lowest BCUT2D eigenvalue weighted by molar-refractivity contribution is 0.687. The van der Waals surface area contributed by atoms with Gasteiger partial charge >= 0.3 is 5.69 Å². The van der Waals surface area contributed by atoms with E-state index in [0.717, 1.165) is 15.3 Å². The van der Waals surface area contributed by atoms with E-state index < -0.39 is 5.69 Å². The fourth-order valence-corrected chi connectivity index (χ4v) is 2.32. The lowest BCUT2D eigenvalue weighted by Crippen LogP contribution is -2.36. The maximum atomic E-state index is 11.9. The van der Waals surface area contributed by atoms with Crippen molar-refractivity contribution in [2.24, 2.45) is 0 Å². The molecule has 0 amide bonds. The van der Waals surface area contributed by atoms with Gasteiger partial charge in [-0.05, 0) is 13.8 Å². The molecule has 0 aliphatic carbocycles. The molecule has 0 saturated carbocycles. The highest BCUT2D eigenvalue weighted by Gasteiger charge is 2.10. The Balaban J connectivity index is 2.50. The van der Waals surface area contributed by atoms with Gasteiger partial charge in [0.2, 0.25) is 0 Å². The largest absolute Gasteiger partial charge is 0.329 e. The van der Waals surface area contributed by atoms with Crippen molar-refractivity contribution in [3.63, 3.8) is 0 Å². The highest BCUT2D eigenvalue weighted by Crippen LogP contribution is 2.09. The van der Waals surface area contributed by atoms with Crippen LogP contribution >= 0.6 is 22.9 Å². The van der Waals surface area contributed by atoms with Crippen LogP contribution in [0.25, 0.3) is 0 Å². The molecule has 5 nitrogen and oxygen atoms in total. The van der Waals surface area contributed by atoms with Gasteiger partial charge < -0.3 is 0 Å². The number of hydrogen-bond donors (Lipinski definition) is 1. The molecule has 1 N–H and O–H groups in total. The number of halogens is 1. The van der Waals surface area contributed by atoms with Crippen LogP contribution in [-0.4, -0.2) is 14.5 Å². The topological polar surface area (TPSA) is 67.8 Å². The van der Waals surface area contributed by atoms with E-state index in [1.54, 1.807) is 6.92 Å². The molecule has 0 saturated heterocycles. The predicted octanol–water partition coefficient (Wildman–Crippen LogP) is 1.31. The summed E-state index contributed by atoms with van der Waals surface area (Å²) < 4.78 is 1.10. The lowest BCUT2D eigenvalue weighted by Gasteiger charge is -2.04. The molecule has 0 unspecified atom stereocenters. The van der Waals surface area contributed by atoms with Crippen molar-refractivity contribution < 1.29 is 0 Å². The molecule has 0 spiro atoms. The fraction of sp³-hybridized carbons (Fsp3) is 0.300. The van der Waals surface area contributed by atoms with E-state index in [2.05, 4.69) is 9.97 Å². The maximum absolute atomic E-state index is 11.9. The Hall–Kier alpha value is -1.40. The zero-order chi connectivity index (χ0) is 12.6. The SMILES string of the molecule is Cc1csc(Cn2c(=O)[nH]c(Cl)c(C)c2=O)n1. The molecule has 0 atom stereocenters. The summed E-state index contributed by atoms with van der Waals surface area (Å²) in [7, 11) is 0. The Morgan fingerprint density at radius 3 is 2.76 bits per heavy atom. The van der Waals surface area contributed by atoms with E-state index in [9.17, 15) is 9.59 Å². The van der Waals surface area contributed by atoms with Gasteiger partial charge in [0.05, 0.1) is 6.54 Å². The number of rotatable bonds is 2. The summed E-state index contributed by atoms with van der Waals surface area (Å²) in [6.45, 7) is 3.61. The minimum Gasteiger partial charge on any atom is -0.297 e. The third-order valence-electron chi connectivity index (χ3n) is 2.32. The van der Waals surface area contributed by atoms with E-state index in [1.807, 2.05) is 12.3 Å². The number of aryl methyl sites for hydroxylation is 1. The molecule has 0 aliphatic rings. The Morgan fingerprint density at radius 1 is 1.47 bits per heavy atom. The first-order chi connectivity index (χ1) is 7.99. The molecule has 0 aliphatic heterocycles. The molecule has 0 aromatic carbocycles. The number of H-pyrrole nitrogens is 1. The quantitative estimate of drug-likeness (QED) is 0.838. The zero-order valence-electron chi connectivity index (χ0n) is 9.28. The van der Waals surface area contributed by atoms with Crippen LogP contribution in [-0.2, 0) is 6.54 Å². The molecule has 2 rings (SSSR count). The highest BCUT2D eigenvalue weighted by molar-refractivity contribution is 7.09. The summed E-state index contributed by atoms with van der Waals surface area (Å²) in [6, 6.07) is 0. The number of aromatic nitrogens is 3. The van der Waals surface area contributed by atoms with Crippen molar-refractivity contribution in [1.29, 1.82) is 0 Å². The van der Waals surface area contributed by atoms with Crippen LogP contribution in [0, 0.1) is 13.8 Å². The molecular formula is C10H10ClN3O2S. The molecular weight excluding hydrogens is 262 g/mol. The first-order valence-electron chi connectivity index (χ1n) is 4.89. The second-order valence-electron chi connectivity index (χ2n) is 3.64. The van der Waals surface area contributed by atoms with E-state index >= 15 is 0 Å².